The Balaban J connectivity index is 1.97. The van der Waals surface area contributed by atoms with Crippen LogP contribution in [0.4, 0.5) is 0 Å². The van der Waals surface area contributed by atoms with Crippen LogP contribution in [0.25, 0.3) is 0 Å². The zero-order chi connectivity index (χ0) is 23.6. The number of amides is 1. The molecule has 1 aliphatic carbocycles. The Morgan fingerprint density at radius 2 is 1.31 bits per heavy atom. The average Bonchev–Trinajstić information content (AvgIpc) is 2.90. The van der Waals surface area contributed by atoms with E-state index >= 15 is 0 Å². The number of hydrogen-bond donors (Lipinski definition) is 1. The van der Waals surface area contributed by atoms with Crippen molar-refractivity contribution in [1.29, 1.82) is 0 Å². The van der Waals surface area contributed by atoms with E-state index in [1.54, 1.807) is 0 Å². The maximum Gasteiger partial charge on any atom is 0.257 e. The van der Waals surface area contributed by atoms with E-state index in [0.29, 0.717) is 25.8 Å². The van der Waals surface area contributed by atoms with Crippen LogP contribution in [0.5, 0.6) is 0 Å². The van der Waals surface area contributed by atoms with Gasteiger partial charge >= 0.3 is 0 Å². The number of β-amino-alcohol motifs (C(OH)–C–C–N with tert-alkyl or cyclic N) is 1. The molecule has 0 aromatic rings. The third kappa shape index (κ3) is 5.20. The predicted octanol–water partition coefficient (Wildman–Crippen LogP) is 5.64. The summed E-state index contributed by atoms with van der Waals surface area (Å²) >= 11 is 0. The quantitative estimate of drug-likeness (QED) is 0.605. The Hall–Kier alpha value is -0.650. The molecule has 2 aliphatic heterocycles. The van der Waals surface area contributed by atoms with Crippen LogP contribution < -0.4 is 0 Å². The lowest BCUT2D eigenvalue weighted by atomic mass is 9.71. The Labute approximate surface area is 197 Å². The zero-order valence-corrected chi connectivity index (χ0v) is 21.8. The maximum atomic E-state index is 14.2. The van der Waals surface area contributed by atoms with Crippen molar-refractivity contribution in [2.45, 2.75) is 153 Å². The van der Waals surface area contributed by atoms with E-state index in [1.165, 1.54) is 44.9 Å². The minimum atomic E-state index is -0.788. The summed E-state index contributed by atoms with van der Waals surface area (Å²) in [6, 6.07) is 0. The highest BCUT2D eigenvalue weighted by atomic mass is 16.6. The van der Waals surface area contributed by atoms with Gasteiger partial charge in [0.2, 0.25) is 0 Å². The lowest BCUT2D eigenvalue weighted by Gasteiger charge is -2.56. The van der Waals surface area contributed by atoms with Crippen LogP contribution in [0.3, 0.4) is 0 Å². The second-order valence-electron chi connectivity index (χ2n) is 12.2. The Kier molecular flexibility index (Phi) is 8.04. The van der Waals surface area contributed by atoms with E-state index in [-0.39, 0.29) is 17.0 Å². The lowest BCUT2D eigenvalue weighted by molar-refractivity contribution is -0.198. The van der Waals surface area contributed by atoms with Crippen LogP contribution in [0.1, 0.15) is 125 Å². The SMILES string of the molecule is CCC(O)CN1C(=O)C2(CC(C)(C)N(C)C(C)(C)C2)OC12CCCCCCCCCCC2. The molecule has 1 amide bonds. The predicted molar refractivity (Wildman–Crippen MR) is 130 cm³/mol. The molecule has 0 bridgehead atoms. The summed E-state index contributed by atoms with van der Waals surface area (Å²) in [6.45, 7) is 11.4. The molecule has 2 heterocycles. The van der Waals surface area contributed by atoms with Crippen LogP contribution in [0, 0.1) is 0 Å². The van der Waals surface area contributed by atoms with Crippen molar-refractivity contribution >= 4 is 5.91 Å². The van der Waals surface area contributed by atoms with Gasteiger partial charge in [-0.25, -0.2) is 0 Å². The molecule has 3 fully saturated rings. The number of carbonyl (C=O) groups excluding carboxylic acids is 1. The number of ether oxygens (including phenoxy) is 1. The Morgan fingerprint density at radius 3 is 1.75 bits per heavy atom. The fourth-order valence-corrected chi connectivity index (χ4v) is 6.76. The summed E-state index contributed by atoms with van der Waals surface area (Å²) in [7, 11) is 2.18. The highest BCUT2D eigenvalue weighted by Gasteiger charge is 2.65. The van der Waals surface area contributed by atoms with Crippen molar-refractivity contribution in [1.82, 2.24) is 9.80 Å². The fourth-order valence-electron chi connectivity index (χ4n) is 6.76. The summed E-state index contributed by atoms with van der Waals surface area (Å²) < 4.78 is 7.15. The van der Waals surface area contributed by atoms with Gasteiger partial charge in [-0.05, 0) is 66.8 Å². The first-order chi connectivity index (χ1) is 15.0. The molecule has 0 aromatic carbocycles. The fraction of sp³-hybridized carbons (Fsp3) is 0.963. The van der Waals surface area contributed by atoms with E-state index in [4.69, 9.17) is 4.74 Å². The number of hydrogen-bond acceptors (Lipinski definition) is 4. The van der Waals surface area contributed by atoms with E-state index in [2.05, 4.69) is 39.6 Å². The van der Waals surface area contributed by atoms with Crippen LogP contribution >= 0.6 is 0 Å². The van der Waals surface area contributed by atoms with Gasteiger partial charge in [-0.2, -0.15) is 0 Å². The van der Waals surface area contributed by atoms with E-state index < -0.39 is 17.4 Å². The molecule has 5 heteroatoms. The van der Waals surface area contributed by atoms with Crippen molar-refractivity contribution in [2.75, 3.05) is 13.6 Å². The Morgan fingerprint density at radius 1 is 0.875 bits per heavy atom. The molecule has 32 heavy (non-hydrogen) atoms. The normalized spacial score (nSPS) is 29.6. The van der Waals surface area contributed by atoms with Gasteiger partial charge in [-0.1, -0.05) is 51.9 Å². The summed E-state index contributed by atoms with van der Waals surface area (Å²) in [5.41, 5.74) is -1.62. The first-order valence-electron chi connectivity index (χ1n) is 13.4. The number of piperidine rings is 1. The molecule has 1 saturated carbocycles. The Bertz CT molecular complexity index is 615. The van der Waals surface area contributed by atoms with Gasteiger partial charge in [0.15, 0.2) is 5.60 Å². The summed E-state index contributed by atoms with van der Waals surface area (Å²) in [6.07, 6.45) is 14.5. The van der Waals surface area contributed by atoms with Crippen LogP contribution in [-0.4, -0.2) is 62.9 Å². The van der Waals surface area contributed by atoms with Crippen molar-refractivity contribution in [2.24, 2.45) is 0 Å². The molecular formula is C27H50N2O3. The molecule has 186 valence electrons. The number of carbonyl (C=O) groups is 1. The van der Waals surface area contributed by atoms with Gasteiger partial charge < -0.3 is 14.7 Å². The minimum absolute atomic E-state index is 0.131. The van der Waals surface area contributed by atoms with Gasteiger partial charge in [0.25, 0.3) is 5.91 Å². The van der Waals surface area contributed by atoms with Gasteiger partial charge in [0.05, 0.1) is 6.10 Å². The lowest BCUT2D eigenvalue weighted by Crippen LogP contribution is -2.66. The first kappa shape index (κ1) is 26.0. The summed E-state index contributed by atoms with van der Waals surface area (Å²) in [5, 5.41) is 10.6. The molecule has 3 aliphatic rings. The number of aliphatic hydroxyl groups is 1. The van der Waals surface area contributed by atoms with E-state index in [0.717, 1.165) is 25.7 Å². The number of likely N-dealkylation sites (tertiary alicyclic amines) is 1. The van der Waals surface area contributed by atoms with E-state index in [9.17, 15) is 9.90 Å². The maximum absolute atomic E-state index is 14.2. The second-order valence-corrected chi connectivity index (χ2v) is 12.2. The highest BCUT2D eigenvalue weighted by Crippen LogP contribution is 2.53. The second kappa shape index (κ2) is 9.92. The van der Waals surface area contributed by atoms with Crippen molar-refractivity contribution in [3.05, 3.63) is 0 Å². The number of aliphatic hydroxyl groups excluding tert-OH is 1. The molecule has 0 aromatic heterocycles. The molecule has 1 N–H and O–H groups in total. The van der Waals surface area contributed by atoms with Gasteiger partial charge in [0, 0.05) is 30.5 Å². The van der Waals surface area contributed by atoms with Crippen molar-refractivity contribution < 1.29 is 14.6 Å². The monoisotopic (exact) mass is 450 g/mol. The molecule has 0 radical (unpaired) electrons. The molecule has 2 saturated heterocycles. The third-order valence-electron chi connectivity index (χ3n) is 8.76. The van der Waals surface area contributed by atoms with E-state index in [1.807, 2.05) is 11.8 Å². The van der Waals surface area contributed by atoms with Crippen LogP contribution in [0.2, 0.25) is 0 Å². The molecule has 1 unspecified atom stereocenters. The molecular weight excluding hydrogens is 400 g/mol. The highest BCUT2D eigenvalue weighted by molar-refractivity contribution is 5.88. The van der Waals surface area contributed by atoms with Crippen molar-refractivity contribution in [3.8, 4) is 0 Å². The number of rotatable bonds is 3. The minimum Gasteiger partial charge on any atom is -0.391 e. The standard InChI is InChI=1S/C27H50N2O3/c1-7-22(30)19-29-23(31)26(20-24(2,3)28(6)25(4,5)21-26)32-27(29)17-15-13-11-9-8-10-12-14-16-18-27/h22,30H,7-21H2,1-6H3. The molecule has 5 nitrogen and oxygen atoms in total. The summed E-state index contributed by atoms with van der Waals surface area (Å²) in [4.78, 5) is 18.7. The topological polar surface area (TPSA) is 53.0 Å². The summed E-state index contributed by atoms with van der Waals surface area (Å²) in [5.74, 6) is 0.131. The van der Waals surface area contributed by atoms with Crippen LogP contribution in [-0.2, 0) is 9.53 Å². The number of nitrogens with zero attached hydrogens (tertiary/aromatic N) is 2. The van der Waals surface area contributed by atoms with Gasteiger partial charge in [0.1, 0.15) is 5.72 Å². The smallest absolute Gasteiger partial charge is 0.257 e. The zero-order valence-electron chi connectivity index (χ0n) is 21.8. The van der Waals surface area contributed by atoms with Crippen molar-refractivity contribution in [3.63, 3.8) is 0 Å². The largest absolute Gasteiger partial charge is 0.391 e. The van der Waals surface area contributed by atoms with Crippen LogP contribution in [0.15, 0.2) is 0 Å². The van der Waals surface area contributed by atoms with Gasteiger partial charge in [-0.15, -0.1) is 0 Å². The molecule has 3 rings (SSSR count). The third-order valence-corrected chi connectivity index (χ3v) is 8.76. The molecule has 1 atom stereocenters. The average molecular weight is 451 g/mol. The molecule has 2 spiro atoms. The first-order valence-corrected chi connectivity index (χ1v) is 13.4. The van der Waals surface area contributed by atoms with Gasteiger partial charge in [-0.3, -0.25) is 9.69 Å².